The molecular formula is C17H19NO2. The fourth-order valence-electron chi connectivity index (χ4n) is 2.49. The van der Waals surface area contributed by atoms with Gasteiger partial charge in [-0.15, -0.1) is 0 Å². The van der Waals surface area contributed by atoms with E-state index < -0.39 is 0 Å². The van der Waals surface area contributed by atoms with Crippen LogP contribution in [0.4, 0.5) is 0 Å². The Bertz CT molecular complexity index is 539. The Morgan fingerprint density at radius 2 is 1.45 bits per heavy atom. The van der Waals surface area contributed by atoms with Crippen LogP contribution >= 0.6 is 0 Å². The summed E-state index contributed by atoms with van der Waals surface area (Å²) in [6.07, 6.45) is 3.40. The molecule has 0 spiro atoms. The van der Waals surface area contributed by atoms with Crippen molar-refractivity contribution in [1.29, 1.82) is 0 Å². The zero-order valence-corrected chi connectivity index (χ0v) is 11.4. The Morgan fingerprint density at radius 3 is 2.10 bits per heavy atom. The first-order chi connectivity index (χ1) is 9.81. The van der Waals surface area contributed by atoms with Gasteiger partial charge in [0.25, 0.3) is 0 Å². The molecular weight excluding hydrogens is 250 g/mol. The lowest BCUT2D eigenvalue weighted by atomic mass is 10.2. The van der Waals surface area contributed by atoms with E-state index in [9.17, 15) is 0 Å². The maximum absolute atomic E-state index is 6.01. The lowest BCUT2D eigenvalue weighted by molar-refractivity contribution is 0.191. The Morgan fingerprint density at radius 1 is 0.800 bits per heavy atom. The topological polar surface area (TPSA) is 44.5 Å². The van der Waals surface area contributed by atoms with E-state index in [1.807, 2.05) is 54.6 Å². The van der Waals surface area contributed by atoms with Crippen LogP contribution in [0.15, 0.2) is 54.6 Å². The van der Waals surface area contributed by atoms with Crippen molar-refractivity contribution in [3.05, 3.63) is 54.6 Å². The summed E-state index contributed by atoms with van der Waals surface area (Å²) in [5, 5.41) is 0. The SMILES string of the molecule is NC1CCCC1Oc1ccc(Oc2ccccc2)cc1. The third-order valence-corrected chi connectivity index (χ3v) is 3.59. The second kappa shape index (κ2) is 5.97. The van der Waals surface area contributed by atoms with Gasteiger partial charge in [-0.05, 0) is 55.7 Å². The molecule has 2 aromatic rings. The van der Waals surface area contributed by atoms with E-state index in [1.165, 1.54) is 0 Å². The normalized spacial score (nSPS) is 21.6. The quantitative estimate of drug-likeness (QED) is 0.919. The monoisotopic (exact) mass is 269 g/mol. The molecule has 2 aromatic carbocycles. The third kappa shape index (κ3) is 3.11. The highest BCUT2D eigenvalue weighted by Gasteiger charge is 2.25. The van der Waals surface area contributed by atoms with Crippen molar-refractivity contribution >= 4 is 0 Å². The summed E-state index contributed by atoms with van der Waals surface area (Å²) in [4.78, 5) is 0. The zero-order valence-electron chi connectivity index (χ0n) is 11.4. The molecule has 1 fully saturated rings. The summed E-state index contributed by atoms with van der Waals surface area (Å²) in [5.41, 5.74) is 6.01. The molecule has 0 aromatic heterocycles. The molecule has 0 amide bonds. The number of rotatable bonds is 4. The van der Waals surface area contributed by atoms with Gasteiger partial charge in [-0.25, -0.2) is 0 Å². The van der Waals surface area contributed by atoms with E-state index in [4.69, 9.17) is 15.2 Å². The van der Waals surface area contributed by atoms with Crippen LogP contribution < -0.4 is 15.2 Å². The molecule has 2 unspecified atom stereocenters. The fourth-order valence-corrected chi connectivity index (χ4v) is 2.49. The number of para-hydroxylation sites is 1. The molecule has 0 radical (unpaired) electrons. The summed E-state index contributed by atoms with van der Waals surface area (Å²) in [5.74, 6) is 2.49. The lowest BCUT2D eigenvalue weighted by Gasteiger charge is -2.18. The maximum Gasteiger partial charge on any atom is 0.127 e. The van der Waals surface area contributed by atoms with E-state index in [-0.39, 0.29) is 12.1 Å². The van der Waals surface area contributed by atoms with Crippen LogP contribution in [-0.2, 0) is 0 Å². The predicted octanol–water partition coefficient (Wildman–Crippen LogP) is 3.74. The summed E-state index contributed by atoms with van der Waals surface area (Å²) in [6, 6.07) is 17.6. The minimum Gasteiger partial charge on any atom is -0.489 e. The number of hydrogen-bond donors (Lipinski definition) is 1. The summed E-state index contributed by atoms with van der Waals surface area (Å²) < 4.78 is 11.7. The molecule has 1 aliphatic rings. The van der Waals surface area contributed by atoms with E-state index in [0.29, 0.717) is 0 Å². The van der Waals surface area contributed by atoms with Crippen LogP contribution in [-0.4, -0.2) is 12.1 Å². The molecule has 0 aliphatic heterocycles. The van der Waals surface area contributed by atoms with Gasteiger partial charge >= 0.3 is 0 Å². The Balaban J connectivity index is 1.62. The van der Waals surface area contributed by atoms with Gasteiger partial charge < -0.3 is 15.2 Å². The van der Waals surface area contributed by atoms with Crippen LogP contribution in [0.5, 0.6) is 17.2 Å². The minimum atomic E-state index is 0.149. The number of benzene rings is 2. The second-order valence-electron chi connectivity index (χ2n) is 5.14. The lowest BCUT2D eigenvalue weighted by Crippen LogP contribution is -2.33. The fraction of sp³-hybridized carbons (Fsp3) is 0.294. The highest BCUT2D eigenvalue weighted by atomic mass is 16.5. The molecule has 3 heteroatoms. The first-order valence-electron chi connectivity index (χ1n) is 7.06. The average molecular weight is 269 g/mol. The van der Waals surface area contributed by atoms with Crippen molar-refractivity contribution in [2.45, 2.75) is 31.4 Å². The molecule has 0 heterocycles. The Labute approximate surface area is 119 Å². The number of ether oxygens (including phenoxy) is 2. The van der Waals surface area contributed by atoms with Gasteiger partial charge in [0.05, 0.1) is 0 Å². The van der Waals surface area contributed by atoms with Crippen molar-refractivity contribution < 1.29 is 9.47 Å². The molecule has 3 rings (SSSR count). The average Bonchev–Trinajstić information content (AvgIpc) is 2.88. The zero-order chi connectivity index (χ0) is 13.8. The molecule has 104 valence electrons. The Hall–Kier alpha value is -2.00. The minimum absolute atomic E-state index is 0.149. The van der Waals surface area contributed by atoms with Crippen LogP contribution in [0.2, 0.25) is 0 Å². The van der Waals surface area contributed by atoms with Gasteiger partial charge in [0.2, 0.25) is 0 Å². The van der Waals surface area contributed by atoms with Crippen molar-refractivity contribution in [2.24, 2.45) is 5.73 Å². The van der Waals surface area contributed by atoms with Crippen molar-refractivity contribution in [3.63, 3.8) is 0 Å². The molecule has 1 aliphatic carbocycles. The van der Waals surface area contributed by atoms with Gasteiger partial charge in [0, 0.05) is 6.04 Å². The molecule has 2 atom stereocenters. The van der Waals surface area contributed by atoms with E-state index in [1.54, 1.807) is 0 Å². The highest BCUT2D eigenvalue weighted by Crippen LogP contribution is 2.27. The molecule has 20 heavy (non-hydrogen) atoms. The number of nitrogens with two attached hydrogens (primary N) is 1. The van der Waals surface area contributed by atoms with Gasteiger partial charge in [-0.2, -0.15) is 0 Å². The summed E-state index contributed by atoms with van der Waals surface area (Å²) in [7, 11) is 0. The largest absolute Gasteiger partial charge is 0.489 e. The standard InChI is InChI=1S/C17H19NO2/c18-16-7-4-8-17(16)20-15-11-9-14(10-12-15)19-13-5-2-1-3-6-13/h1-3,5-6,9-12,16-17H,4,7-8,18H2. The van der Waals surface area contributed by atoms with Crippen LogP contribution in [0.25, 0.3) is 0 Å². The van der Waals surface area contributed by atoms with Crippen LogP contribution in [0.1, 0.15) is 19.3 Å². The maximum atomic E-state index is 6.01. The first kappa shape index (κ1) is 13.0. The molecule has 3 nitrogen and oxygen atoms in total. The predicted molar refractivity (Wildman–Crippen MR) is 79.2 cm³/mol. The van der Waals surface area contributed by atoms with Crippen molar-refractivity contribution in [3.8, 4) is 17.2 Å². The molecule has 1 saturated carbocycles. The number of hydrogen-bond acceptors (Lipinski definition) is 3. The van der Waals surface area contributed by atoms with Gasteiger partial charge in [-0.3, -0.25) is 0 Å². The van der Waals surface area contributed by atoms with Crippen molar-refractivity contribution in [2.75, 3.05) is 0 Å². The van der Waals surface area contributed by atoms with Crippen LogP contribution in [0, 0.1) is 0 Å². The van der Waals surface area contributed by atoms with Crippen molar-refractivity contribution in [1.82, 2.24) is 0 Å². The second-order valence-corrected chi connectivity index (χ2v) is 5.14. The first-order valence-corrected chi connectivity index (χ1v) is 7.06. The summed E-state index contributed by atoms with van der Waals surface area (Å²) in [6.45, 7) is 0. The van der Waals surface area contributed by atoms with E-state index in [2.05, 4.69) is 0 Å². The summed E-state index contributed by atoms with van der Waals surface area (Å²) >= 11 is 0. The third-order valence-electron chi connectivity index (χ3n) is 3.59. The molecule has 0 bridgehead atoms. The molecule has 0 saturated heterocycles. The smallest absolute Gasteiger partial charge is 0.127 e. The van der Waals surface area contributed by atoms with E-state index in [0.717, 1.165) is 36.5 Å². The van der Waals surface area contributed by atoms with E-state index >= 15 is 0 Å². The molecule has 2 N–H and O–H groups in total. The highest BCUT2D eigenvalue weighted by molar-refractivity contribution is 5.35. The van der Waals surface area contributed by atoms with Gasteiger partial charge in [0.1, 0.15) is 23.4 Å². The van der Waals surface area contributed by atoms with Gasteiger partial charge in [0.15, 0.2) is 0 Å². The van der Waals surface area contributed by atoms with Gasteiger partial charge in [-0.1, -0.05) is 18.2 Å². The van der Waals surface area contributed by atoms with Crippen LogP contribution in [0.3, 0.4) is 0 Å². The Kier molecular flexibility index (Phi) is 3.88.